The summed E-state index contributed by atoms with van der Waals surface area (Å²) in [6.07, 6.45) is 1.42. The van der Waals surface area contributed by atoms with Crippen molar-refractivity contribution in [2.24, 2.45) is 0 Å². The van der Waals surface area contributed by atoms with E-state index in [-0.39, 0.29) is 17.0 Å². The van der Waals surface area contributed by atoms with Crippen LogP contribution >= 0.6 is 0 Å². The minimum atomic E-state index is -0.519. The van der Waals surface area contributed by atoms with Crippen LogP contribution in [0.3, 0.4) is 0 Å². The van der Waals surface area contributed by atoms with Crippen molar-refractivity contribution < 1.29 is 10.0 Å². The largest absolute Gasteiger partial charge is 0.507 e. The molecule has 0 aliphatic rings. The zero-order valence-corrected chi connectivity index (χ0v) is 7.10. The number of benzene rings is 1. The summed E-state index contributed by atoms with van der Waals surface area (Å²) in [5.41, 5.74) is 0.160. The molecule has 1 N–H and O–H groups in total. The molecule has 1 aromatic rings. The van der Waals surface area contributed by atoms with Gasteiger partial charge in [0.15, 0.2) is 0 Å². The topological polar surface area (TPSA) is 63.4 Å². The Bertz CT molecular complexity index is 358. The summed E-state index contributed by atoms with van der Waals surface area (Å²) in [6, 6.07) is 6.06. The average molecular weight is 179 g/mol. The van der Waals surface area contributed by atoms with Crippen molar-refractivity contribution >= 4 is 11.4 Å². The van der Waals surface area contributed by atoms with E-state index in [1.54, 1.807) is 19.1 Å². The van der Waals surface area contributed by atoms with Crippen molar-refractivity contribution in [1.29, 1.82) is 0 Å². The normalized spacial score (nSPS) is 11.3. The van der Waals surface area contributed by atoms with E-state index in [0.717, 1.165) is 0 Å². The Kier molecular flexibility index (Phi) is 2.64. The van der Waals surface area contributed by atoms with Gasteiger partial charge in [-0.1, -0.05) is 12.1 Å². The molecule has 0 atom stereocenters. The first-order valence-electron chi connectivity index (χ1n) is 3.76. The van der Waals surface area contributed by atoms with Gasteiger partial charge in [-0.3, -0.25) is 10.1 Å². The predicted octanol–water partition coefficient (Wildman–Crippen LogP) is 2.51. The van der Waals surface area contributed by atoms with Gasteiger partial charge >= 0.3 is 0 Å². The fourth-order valence-corrected chi connectivity index (χ4v) is 1.00. The van der Waals surface area contributed by atoms with Crippen molar-refractivity contribution in [3.8, 4) is 0 Å². The highest BCUT2D eigenvalue weighted by Crippen LogP contribution is 2.23. The molecule has 0 aliphatic carbocycles. The maximum Gasteiger partial charge on any atom is 0.280 e. The van der Waals surface area contributed by atoms with E-state index in [0.29, 0.717) is 0 Å². The Hall–Kier alpha value is -1.84. The number of allylic oxidation sites excluding steroid dienone is 1. The zero-order valence-electron chi connectivity index (χ0n) is 7.10. The highest BCUT2D eigenvalue weighted by molar-refractivity contribution is 5.66. The molecule has 0 aliphatic heterocycles. The van der Waals surface area contributed by atoms with E-state index < -0.39 is 4.92 Å². The zero-order chi connectivity index (χ0) is 9.84. The summed E-state index contributed by atoms with van der Waals surface area (Å²) in [7, 11) is 0. The molecule has 0 unspecified atom stereocenters. The predicted molar refractivity (Wildman–Crippen MR) is 49.4 cm³/mol. The van der Waals surface area contributed by atoms with Gasteiger partial charge in [-0.05, 0) is 19.1 Å². The molecular weight excluding hydrogens is 170 g/mol. The Labute approximate surface area is 75.3 Å². The molecule has 0 saturated carbocycles. The molecular formula is C9H9NO3. The standard InChI is InChI=1S/C9H9NO3/c1-2-9(11)7-5-3-4-6-8(7)10(12)13/h2-6,11H,1H3/b9-2-. The molecule has 0 spiro atoms. The number of aliphatic hydroxyl groups is 1. The molecule has 13 heavy (non-hydrogen) atoms. The van der Waals surface area contributed by atoms with Crippen LogP contribution in [0.2, 0.25) is 0 Å². The number of hydrogen-bond acceptors (Lipinski definition) is 3. The fourth-order valence-electron chi connectivity index (χ4n) is 1.00. The van der Waals surface area contributed by atoms with E-state index in [2.05, 4.69) is 0 Å². The molecule has 1 aromatic carbocycles. The van der Waals surface area contributed by atoms with Crippen LogP contribution in [0, 0.1) is 10.1 Å². The van der Waals surface area contributed by atoms with Crippen LogP contribution in [0.1, 0.15) is 12.5 Å². The Morgan fingerprint density at radius 2 is 2.15 bits per heavy atom. The summed E-state index contributed by atoms with van der Waals surface area (Å²) in [5, 5.41) is 19.8. The number of para-hydroxylation sites is 1. The summed E-state index contributed by atoms with van der Waals surface area (Å²) in [4.78, 5) is 9.99. The second-order valence-corrected chi connectivity index (χ2v) is 2.45. The van der Waals surface area contributed by atoms with Gasteiger partial charge in [0.1, 0.15) is 5.76 Å². The van der Waals surface area contributed by atoms with E-state index in [9.17, 15) is 15.2 Å². The minimum Gasteiger partial charge on any atom is -0.507 e. The van der Waals surface area contributed by atoms with Crippen LogP contribution in [0.4, 0.5) is 5.69 Å². The van der Waals surface area contributed by atoms with E-state index in [4.69, 9.17) is 0 Å². The first kappa shape index (κ1) is 9.25. The molecule has 0 radical (unpaired) electrons. The molecule has 68 valence electrons. The second-order valence-electron chi connectivity index (χ2n) is 2.45. The van der Waals surface area contributed by atoms with Crippen molar-refractivity contribution in [1.82, 2.24) is 0 Å². The average Bonchev–Trinajstić information content (AvgIpc) is 2.16. The molecule has 0 heterocycles. The highest BCUT2D eigenvalue weighted by atomic mass is 16.6. The van der Waals surface area contributed by atoms with Crippen molar-refractivity contribution in [3.05, 3.63) is 46.0 Å². The van der Waals surface area contributed by atoms with Gasteiger partial charge in [0, 0.05) is 6.07 Å². The van der Waals surface area contributed by atoms with Gasteiger partial charge < -0.3 is 5.11 Å². The second kappa shape index (κ2) is 3.71. The fraction of sp³-hybridized carbons (Fsp3) is 0.111. The third kappa shape index (κ3) is 1.84. The number of hydrogen-bond donors (Lipinski definition) is 1. The van der Waals surface area contributed by atoms with E-state index in [1.807, 2.05) is 0 Å². The van der Waals surface area contributed by atoms with Crippen molar-refractivity contribution in [2.45, 2.75) is 6.92 Å². The van der Waals surface area contributed by atoms with Crippen molar-refractivity contribution in [2.75, 3.05) is 0 Å². The van der Waals surface area contributed by atoms with E-state index >= 15 is 0 Å². The molecule has 0 saturated heterocycles. The van der Waals surface area contributed by atoms with Crippen LogP contribution in [-0.4, -0.2) is 10.0 Å². The Morgan fingerprint density at radius 3 is 2.69 bits per heavy atom. The lowest BCUT2D eigenvalue weighted by atomic mass is 10.1. The Morgan fingerprint density at radius 1 is 1.54 bits per heavy atom. The van der Waals surface area contributed by atoms with Crippen LogP contribution in [0.15, 0.2) is 30.3 Å². The van der Waals surface area contributed by atoms with Crippen molar-refractivity contribution in [3.63, 3.8) is 0 Å². The molecule has 0 fully saturated rings. The molecule has 1 rings (SSSR count). The SMILES string of the molecule is C/C=C(\O)c1ccccc1[N+](=O)[O-]. The van der Waals surface area contributed by atoms with Crippen LogP contribution in [-0.2, 0) is 0 Å². The number of nitro benzene ring substituents is 1. The maximum absolute atomic E-state index is 10.5. The smallest absolute Gasteiger partial charge is 0.280 e. The van der Waals surface area contributed by atoms with Crippen LogP contribution in [0.5, 0.6) is 0 Å². The monoisotopic (exact) mass is 179 g/mol. The molecule has 0 amide bonds. The van der Waals surface area contributed by atoms with Gasteiger partial charge in [0.2, 0.25) is 0 Å². The first-order valence-corrected chi connectivity index (χ1v) is 3.76. The number of nitrogens with zero attached hydrogens (tertiary/aromatic N) is 1. The quantitative estimate of drug-likeness (QED) is 0.431. The highest BCUT2D eigenvalue weighted by Gasteiger charge is 2.14. The number of nitro groups is 1. The minimum absolute atomic E-state index is 0.0766. The number of aliphatic hydroxyl groups excluding tert-OH is 1. The molecule has 4 heteroatoms. The lowest BCUT2D eigenvalue weighted by Gasteiger charge is -1.99. The molecule has 0 bridgehead atoms. The van der Waals surface area contributed by atoms with Gasteiger partial charge in [0.05, 0.1) is 10.5 Å². The van der Waals surface area contributed by atoms with Gasteiger partial charge in [0.25, 0.3) is 5.69 Å². The summed E-state index contributed by atoms with van der Waals surface area (Å²) in [6.45, 7) is 1.62. The first-order chi connectivity index (χ1) is 6.16. The summed E-state index contributed by atoms with van der Waals surface area (Å²) < 4.78 is 0. The van der Waals surface area contributed by atoms with Gasteiger partial charge in [-0.25, -0.2) is 0 Å². The third-order valence-corrected chi connectivity index (χ3v) is 1.65. The lowest BCUT2D eigenvalue weighted by Crippen LogP contribution is -1.93. The Balaban J connectivity index is 3.28. The van der Waals surface area contributed by atoms with Gasteiger partial charge in [-0.2, -0.15) is 0 Å². The van der Waals surface area contributed by atoms with Crippen LogP contribution in [0.25, 0.3) is 5.76 Å². The summed E-state index contributed by atoms with van der Waals surface area (Å²) >= 11 is 0. The van der Waals surface area contributed by atoms with Gasteiger partial charge in [-0.15, -0.1) is 0 Å². The van der Waals surface area contributed by atoms with E-state index in [1.165, 1.54) is 18.2 Å². The summed E-state index contributed by atoms with van der Waals surface area (Å²) in [5.74, 6) is -0.0766. The third-order valence-electron chi connectivity index (χ3n) is 1.65. The molecule has 4 nitrogen and oxygen atoms in total. The van der Waals surface area contributed by atoms with Crippen LogP contribution < -0.4 is 0 Å². The maximum atomic E-state index is 10.5. The lowest BCUT2D eigenvalue weighted by molar-refractivity contribution is -0.385. The number of rotatable bonds is 2. The molecule has 0 aromatic heterocycles.